The highest BCUT2D eigenvalue weighted by atomic mass is 16.5. The topological polar surface area (TPSA) is 38.3 Å². The summed E-state index contributed by atoms with van der Waals surface area (Å²) in [6.07, 6.45) is 0. The average Bonchev–Trinajstić information content (AvgIpc) is 2.57. The van der Waals surface area contributed by atoms with Crippen LogP contribution in [-0.4, -0.2) is 12.5 Å². The fraction of sp³-hybridized carbons (Fsp3) is 0.150. The predicted molar refractivity (Wildman–Crippen MR) is 94.2 cm³/mol. The van der Waals surface area contributed by atoms with Gasteiger partial charge in [0.25, 0.3) is 5.91 Å². The number of carbonyl (C=O) groups is 1. The molecule has 3 nitrogen and oxygen atoms in total. The number of ether oxygens (including phenoxy) is 1. The molecule has 0 aliphatic heterocycles. The van der Waals surface area contributed by atoms with E-state index in [1.807, 2.05) is 74.5 Å². The number of fused-ring (bicyclic) bond motifs is 1. The van der Waals surface area contributed by atoms with E-state index in [0.717, 1.165) is 16.3 Å². The lowest BCUT2D eigenvalue weighted by atomic mass is 10.0. The minimum atomic E-state index is -0.133. The van der Waals surface area contributed by atoms with Gasteiger partial charge in [-0.05, 0) is 48.4 Å². The highest BCUT2D eigenvalue weighted by Gasteiger charge is 2.12. The molecule has 0 fully saturated rings. The summed E-state index contributed by atoms with van der Waals surface area (Å²) >= 11 is 0. The van der Waals surface area contributed by atoms with E-state index in [9.17, 15) is 4.79 Å². The van der Waals surface area contributed by atoms with Crippen molar-refractivity contribution in [3.8, 4) is 5.75 Å². The number of anilines is 1. The minimum absolute atomic E-state index is 0.133. The van der Waals surface area contributed by atoms with Crippen molar-refractivity contribution in [2.24, 2.45) is 0 Å². The van der Waals surface area contributed by atoms with Gasteiger partial charge in [-0.25, -0.2) is 0 Å². The second-order valence-electron chi connectivity index (χ2n) is 5.41. The van der Waals surface area contributed by atoms with Crippen molar-refractivity contribution in [3.05, 3.63) is 71.8 Å². The molecule has 23 heavy (non-hydrogen) atoms. The third kappa shape index (κ3) is 3.19. The van der Waals surface area contributed by atoms with Crippen LogP contribution in [0.2, 0.25) is 0 Å². The maximum absolute atomic E-state index is 12.7. The normalized spacial score (nSPS) is 10.5. The van der Waals surface area contributed by atoms with Gasteiger partial charge in [-0.1, -0.05) is 42.5 Å². The van der Waals surface area contributed by atoms with Gasteiger partial charge in [-0.15, -0.1) is 0 Å². The van der Waals surface area contributed by atoms with Crippen LogP contribution >= 0.6 is 0 Å². The molecule has 0 atom stereocenters. The van der Waals surface area contributed by atoms with Crippen LogP contribution in [0.15, 0.2) is 60.7 Å². The Morgan fingerprint density at radius 1 is 1.04 bits per heavy atom. The number of nitrogens with one attached hydrogen (secondary N) is 1. The minimum Gasteiger partial charge on any atom is -0.492 e. The van der Waals surface area contributed by atoms with E-state index >= 15 is 0 Å². The average molecular weight is 305 g/mol. The summed E-state index contributed by atoms with van der Waals surface area (Å²) < 4.78 is 5.63. The molecule has 0 saturated heterocycles. The smallest absolute Gasteiger partial charge is 0.256 e. The summed E-state index contributed by atoms with van der Waals surface area (Å²) in [6, 6.07) is 19.4. The Labute approximate surface area is 135 Å². The molecule has 3 aromatic carbocycles. The zero-order valence-corrected chi connectivity index (χ0v) is 13.3. The number of carbonyl (C=O) groups excluding carboxylic acids is 1. The molecule has 0 spiro atoms. The van der Waals surface area contributed by atoms with Crippen LogP contribution < -0.4 is 10.1 Å². The van der Waals surface area contributed by atoms with E-state index in [1.54, 1.807) is 0 Å². The Bertz CT molecular complexity index is 850. The largest absolute Gasteiger partial charge is 0.492 e. The zero-order chi connectivity index (χ0) is 16.2. The fourth-order valence-corrected chi connectivity index (χ4v) is 2.62. The third-order valence-corrected chi connectivity index (χ3v) is 3.72. The van der Waals surface area contributed by atoms with E-state index in [-0.39, 0.29) is 5.91 Å². The van der Waals surface area contributed by atoms with E-state index < -0.39 is 0 Å². The Kier molecular flexibility index (Phi) is 4.29. The predicted octanol–water partition coefficient (Wildman–Crippen LogP) is 4.80. The van der Waals surface area contributed by atoms with Crippen molar-refractivity contribution >= 4 is 22.4 Å². The lowest BCUT2D eigenvalue weighted by molar-refractivity contribution is 0.102. The second kappa shape index (κ2) is 6.53. The van der Waals surface area contributed by atoms with Crippen molar-refractivity contribution in [2.75, 3.05) is 11.9 Å². The molecule has 3 aromatic rings. The Morgan fingerprint density at radius 2 is 1.83 bits per heavy atom. The van der Waals surface area contributed by atoms with E-state index in [4.69, 9.17) is 4.74 Å². The molecule has 0 aromatic heterocycles. The monoisotopic (exact) mass is 305 g/mol. The van der Waals surface area contributed by atoms with Crippen LogP contribution in [0.3, 0.4) is 0 Å². The molecule has 1 amide bonds. The van der Waals surface area contributed by atoms with Crippen LogP contribution in [0.25, 0.3) is 10.8 Å². The number of amides is 1. The quantitative estimate of drug-likeness (QED) is 0.752. The molecule has 0 unspecified atom stereocenters. The molecule has 1 N–H and O–H groups in total. The van der Waals surface area contributed by atoms with Crippen LogP contribution in [0.1, 0.15) is 22.8 Å². The van der Waals surface area contributed by atoms with Crippen LogP contribution in [0.4, 0.5) is 5.69 Å². The Morgan fingerprint density at radius 3 is 2.65 bits per heavy atom. The second-order valence-corrected chi connectivity index (χ2v) is 5.41. The van der Waals surface area contributed by atoms with Crippen molar-refractivity contribution in [3.63, 3.8) is 0 Å². The van der Waals surface area contributed by atoms with Gasteiger partial charge in [0.2, 0.25) is 0 Å². The molecule has 0 heterocycles. The van der Waals surface area contributed by atoms with Gasteiger partial charge in [0.05, 0.1) is 12.3 Å². The molecule has 0 radical (unpaired) electrons. The van der Waals surface area contributed by atoms with Gasteiger partial charge in [-0.2, -0.15) is 0 Å². The Hall–Kier alpha value is -2.81. The van der Waals surface area contributed by atoms with Crippen molar-refractivity contribution in [1.82, 2.24) is 0 Å². The first-order valence-electron chi connectivity index (χ1n) is 7.71. The molecular weight excluding hydrogens is 286 g/mol. The summed E-state index contributed by atoms with van der Waals surface area (Å²) in [7, 11) is 0. The van der Waals surface area contributed by atoms with Crippen LogP contribution in [0.5, 0.6) is 5.75 Å². The standard InChI is InChI=1S/C20H19NO2/c1-3-23-19-13-14(2)11-12-18(19)21-20(22)17-10-6-8-15-7-4-5-9-16(15)17/h4-13H,3H2,1-2H3,(H,21,22). The summed E-state index contributed by atoms with van der Waals surface area (Å²) in [5.41, 5.74) is 2.44. The maximum Gasteiger partial charge on any atom is 0.256 e. The first-order chi connectivity index (χ1) is 11.2. The number of rotatable bonds is 4. The summed E-state index contributed by atoms with van der Waals surface area (Å²) in [5, 5.41) is 4.96. The van der Waals surface area contributed by atoms with Gasteiger partial charge in [0, 0.05) is 5.56 Å². The van der Waals surface area contributed by atoms with E-state index in [0.29, 0.717) is 23.6 Å². The SMILES string of the molecule is CCOc1cc(C)ccc1NC(=O)c1cccc2ccccc12. The first kappa shape index (κ1) is 15.1. The summed E-state index contributed by atoms with van der Waals surface area (Å²) in [6.45, 7) is 4.48. The van der Waals surface area contributed by atoms with Crippen LogP contribution in [-0.2, 0) is 0 Å². The Balaban J connectivity index is 1.95. The number of benzene rings is 3. The number of hydrogen-bond donors (Lipinski definition) is 1. The highest BCUT2D eigenvalue weighted by Crippen LogP contribution is 2.27. The van der Waals surface area contributed by atoms with Crippen molar-refractivity contribution in [1.29, 1.82) is 0 Å². The first-order valence-corrected chi connectivity index (χ1v) is 7.71. The lowest BCUT2D eigenvalue weighted by Gasteiger charge is -2.13. The van der Waals surface area contributed by atoms with E-state index in [2.05, 4.69) is 5.32 Å². The van der Waals surface area contributed by atoms with Crippen molar-refractivity contribution in [2.45, 2.75) is 13.8 Å². The molecule has 0 aliphatic carbocycles. The van der Waals surface area contributed by atoms with E-state index in [1.165, 1.54) is 0 Å². The van der Waals surface area contributed by atoms with Gasteiger partial charge < -0.3 is 10.1 Å². The molecule has 0 saturated carbocycles. The molecule has 3 heteroatoms. The molecule has 0 aliphatic rings. The maximum atomic E-state index is 12.7. The molecule has 116 valence electrons. The van der Waals surface area contributed by atoms with Crippen molar-refractivity contribution < 1.29 is 9.53 Å². The fourth-order valence-electron chi connectivity index (χ4n) is 2.62. The van der Waals surface area contributed by atoms with Crippen LogP contribution in [0, 0.1) is 6.92 Å². The number of aryl methyl sites for hydroxylation is 1. The zero-order valence-electron chi connectivity index (χ0n) is 13.3. The molecular formula is C20H19NO2. The highest BCUT2D eigenvalue weighted by molar-refractivity contribution is 6.13. The summed E-state index contributed by atoms with van der Waals surface area (Å²) in [4.78, 5) is 12.7. The molecule has 3 rings (SSSR count). The lowest BCUT2D eigenvalue weighted by Crippen LogP contribution is -2.13. The molecule has 0 bridgehead atoms. The van der Waals surface area contributed by atoms with Gasteiger partial charge in [0.15, 0.2) is 0 Å². The van der Waals surface area contributed by atoms with Gasteiger partial charge in [0.1, 0.15) is 5.75 Å². The van der Waals surface area contributed by atoms with Gasteiger partial charge in [-0.3, -0.25) is 4.79 Å². The van der Waals surface area contributed by atoms with Gasteiger partial charge >= 0.3 is 0 Å². The summed E-state index contributed by atoms with van der Waals surface area (Å²) in [5.74, 6) is 0.563. The third-order valence-electron chi connectivity index (χ3n) is 3.72. The number of hydrogen-bond acceptors (Lipinski definition) is 2.